The molecule has 0 aromatic heterocycles. The molecule has 1 amide bonds. The van der Waals surface area contributed by atoms with E-state index in [0.29, 0.717) is 11.3 Å². The predicted octanol–water partition coefficient (Wildman–Crippen LogP) is 1.12. The third-order valence-corrected chi connectivity index (χ3v) is 3.45. The minimum atomic E-state index is -1.02. The number of hydrogen-bond acceptors (Lipinski definition) is 5. The zero-order valence-corrected chi connectivity index (χ0v) is 12.2. The Morgan fingerprint density at radius 3 is 2.62 bits per heavy atom. The minimum Gasteiger partial charge on any atom is -0.468 e. The monoisotopic (exact) mass is 290 g/mol. The molecule has 112 valence electrons. The maximum atomic E-state index is 12.4. The van der Waals surface area contributed by atoms with Crippen molar-refractivity contribution in [3.05, 3.63) is 29.8 Å². The van der Waals surface area contributed by atoms with E-state index in [2.05, 4.69) is 10.6 Å². The number of ether oxygens (including phenoxy) is 1. The highest BCUT2D eigenvalue weighted by atomic mass is 16.5. The number of benzene rings is 1. The number of amides is 1. The van der Waals surface area contributed by atoms with Crippen LogP contribution >= 0.6 is 0 Å². The number of ketones is 1. The zero-order chi connectivity index (χ0) is 15.6. The quantitative estimate of drug-likeness (QED) is 0.757. The summed E-state index contributed by atoms with van der Waals surface area (Å²) in [5.74, 6) is -1.12. The van der Waals surface area contributed by atoms with Crippen molar-refractivity contribution in [2.24, 2.45) is 0 Å². The van der Waals surface area contributed by atoms with Crippen molar-refractivity contribution in [3.8, 4) is 0 Å². The number of hydrogen-bond donors (Lipinski definition) is 2. The lowest BCUT2D eigenvalue weighted by Crippen LogP contribution is -2.56. The molecule has 0 saturated heterocycles. The van der Waals surface area contributed by atoms with Crippen molar-refractivity contribution in [1.82, 2.24) is 5.32 Å². The molecule has 1 aliphatic heterocycles. The predicted molar refractivity (Wildman–Crippen MR) is 77.0 cm³/mol. The van der Waals surface area contributed by atoms with E-state index in [0.717, 1.165) is 0 Å². The molecule has 21 heavy (non-hydrogen) atoms. The van der Waals surface area contributed by atoms with Gasteiger partial charge in [0.05, 0.1) is 18.3 Å². The molecule has 1 heterocycles. The standard InChI is InChI=1S/C15H18N2O4/c1-15(2)14(20)16-10-7-5-4-6-9(10)12(18)8-11(17-15)13(19)21-3/h4-7,11,17H,8H2,1-3H3,(H,16,20). The molecule has 6 heteroatoms. The van der Waals surface area contributed by atoms with Crippen molar-refractivity contribution in [2.45, 2.75) is 31.8 Å². The Hall–Kier alpha value is -2.21. The topological polar surface area (TPSA) is 84.5 Å². The first-order chi connectivity index (χ1) is 9.85. The summed E-state index contributed by atoms with van der Waals surface area (Å²) >= 11 is 0. The van der Waals surface area contributed by atoms with Gasteiger partial charge in [-0.15, -0.1) is 0 Å². The molecule has 0 radical (unpaired) electrons. The third-order valence-electron chi connectivity index (χ3n) is 3.45. The smallest absolute Gasteiger partial charge is 0.323 e. The summed E-state index contributed by atoms with van der Waals surface area (Å²) in [4.78, 5) is 36.5. The highest BCUT2D eigenvalue weighted by molar-refractivity contribution is 6.08. The van der Waals surface area contributed by atoms with Crippen molar-refractivity contribution < 1.29 is 19.1 Å². The summed E-state index contributed by atoms with van der Waals surface area (Å²) < 4.78 is 4.71. The second kappa shape index (κ2) is 5.65. The summed E-state index contributed by atoms with van der Waals surface area (Å²) in [5, 5.41) is 5.62. The van der Waals surface area contributed by atoms with Crippen molar-refractivity contribution in [3.63, 3.8) is 0 Å². The Balaban J connectivity index is 2.47. The van der Waals surface area contributed by atoms with E-state index < -0.39 is 17.6 Å². The van der Waals surface area contributed by atoms with Crippen LogP contribution in [0.3, 0.4) is 0 Å². The first kappa shape index (κ1) is 15.2. The summed E-state index contributed by atoms with van der Waals surface area (Å²) in [6, 6.07) is 5.88. The SMILES string of the molecule is COC(=O)C1CC(=O)c2ccccc2NC(=O)C(C)(C)N1. The van der Waals surface area contributed by atoms with E-state index in [4.69, 9.17) is 4.74 Å². The van der Waals surface area contributed by atoms with E-state index in [1.54, 1.807) is 38.1 Å². The Morgan fingerprint density at radius 2 is 1.95 bits per heavy atom. The molecular formula is C15H18N2O4. The molecule has 0 saturated carbocycles. The molecule has 1 unspecified atom stereocenters. The molecule has 1 atom stereocenters. The van der Waals surface area contributed by atoms with Gasteiger partial charge in [0.1, 0.15) is 6.04 Å². The maximum absolute atomic E-state index is 12.4. The lowest BCUT2D eigenvalue weighted by molar-refractivity contribution is -0.143. The molecule has 0 bridgehead atoms. The molecule has 6 nitrogen and oxygen atoms in total. The number of Topliss-reactive ketones (excluding diaryl/α,β-unsaturated/α-hetero) is 1. The minimum absolute atomic E-state index is 0.0674. The van der Waals surface area contributed by atoms with Crippen LogP contribution in [0.4, 0.5) is 5.69 Å². The Labute approximate surface area is 122 Å². The first-order valence-corrected chi connectivity index (χ1v) is 6.64. The van der Waals surface area contributed by atoms with Gasteiger partial charge in [0.15, 0.2) is 5.78 Å². The molecule has 0 spiro atoms. The highest BCUT2D eigenvalue weighted by Crippen LogP contribution is 2.22. The zero-order valence-electron chi connectivity index (χ0n) is 12.2. The molecule has 2 rings (SSSR count). The van der Waals surface area contributed by atoms with Crippen molar-refractivity contribution in [1.29, 1.82) is 0 Å². The normalized spacial score (nSPS) is 21.4. The van der Waals surface area contributed by atoms with Crippen LogP contribution in [0.15, 0.2) is 24.3 Å². The molecule has 0 aliphatic carbocycles. The second-order valence-electron chi connectivity index (χ2n) is 5.47. The molecule has 1 aromatic rings. The first-order valence-electron chi connectivity index (χ1n) is 6.64. The number of para-hydroxylation sites is 1. The lowest BCUT2D eigenvalue weighted by Gasteiger charge is -2.28. The largest absolute Gasteiger partial charge is 0.468 e. The van der Waals surface area contributed by atoms with E-state index in [9.17, 15) is 14.4 Å². The molecule has 0 fully saturated rings. The molecule has 1 aromatic carbocycles. The highest BCUT2D eigenvalue weighted by Gasteiger charge is 2.36. The number of carbonyl (C=O) groups is 3. The van der Waals surface area contributed by atoms with Gasteiger partial charge in [0.25, 0.3) is 0 Å². The number of rotatable bonds is 1. The average molecular weight is 290 g/mol. The Kier molecular flexibility index (Phi) is 4.09. The van der Waals surface area contributed by atoms with Crippen LogP contribution in [-0.2, 0) is 14.3 Å². The van der Waals surface area contributed by atoms with E-state index in [1.807, 2.05) is 0 Å². The van der Waals surface area contributed by atoms with Crippen LogP contribution < -0.4 is 10.6 Å². The van der Waals surface area contributed by atoms with Crippen LogP contribution in [0.2, 0.25) is 0 Å². The fraction of sp³-hybridized carbons (Fsp3) is 0.400. The van der Waals surface area contributed by atoms with E-state index in [1.165, 1.54) is 7.11 Å². The number of anilines is 1. The molecular weight excluding hydrogens is 272 g/mol. The molecule has 1 aliphatic rings. The summed E-state index contributed by atoms with van der Waals surface area (Å²) in [6.45, 7) is 3.30. The maximum Gasteiger partial charge on any atom is 0.323 e. The van der Waals surface area contributed by atoms with E-state index in [-0.39, 0.29) is 18.1 Å². The van der Waals surface area contributed by atoms with Gasteiger partial charge in [-0.2, -0.15) is 0 Å². The van der Waals surface area contributed by atoms with Crippen molar-refractivity contribution in [2.75, 3.05) is 12.4 Å². The lowest BCUT2D eigenvalue weighted by atomic mass is 10.00. The number of carbonyl (C=O) groups excluding carboxylic acids is 3. The van der Waals surface area contributed by atoms with Gasteiger partial charge in [-0.05, 0) is 26.0 Å². The average Bonchev–Trinajstić information content (AvgIpc) is 2.48. The Morgan fingerprint density at radius 1 is 1.29 bits per heavy atom. The third kappa shape index (κ3) is 3.11. The van der Waals surface area contributed by atoms with Crippen LogP contribution in [0.5, 0.6) is 0 Å². The Bertz CT molecular complexity index is 595. The van der Waals surface area contributed by atoms with Gasteiger partial charge in [0.2, 0.25) is 5.91 Å². The van der Waals surface area contributed by atoms with Gasteiger partial charge < -0.3 is 10.1 Å². The van der Waals surface area contributed by atoms with Gasteiger partial charge in [0, 0.05) is 12.0 Å². The number of esters is 1. The number of methoxy groups -OCH3 is 1. The van der Waals surface area contributed by atoms with Crippen molar-refractivity contribution >= 4 is 23.3 Å². The number of fused-ring (bicyclic) bond motifs is 1. The van der Waals surface area contributed by atoms with Crippen LogP contribution in [-0.4, -0.2) is 36.4 Å². The number of nitrogens with one attached hydrogen (secondary N) is 2. The summed E-state index contributed by atoms with van der Waals surface area (Å²) in [6.07, 6.45) is -0.0674. The van der Waals surface area contributed by atoms with Gasteiger partial charge in [-0.1, -0.05) is 12.1 Å². The summed E-state index contributed by atoms with van der Waals surface area (Å²) in [5.41, 5.74) is -0.177. The summed E-state index contributed by atoms with van der Waals surface area (Å²) in [7, 11) is 1.25. The fourth-order valence-corrected chi connectivity index (χ4v) is 2.25. The fourth-order valence-electron chi connectivity index (χ4n) is 2.25. The van der Waals surface area contributed by atoms with Crippen LogP contribution in [0.25, 0.3) is 0 Å². The molecule has 2 N–H and O–H groups in total. The van der Waals surface area contributed by atoms with Gasteiger partial charge >= 0.3 is 5.97 Å². The van der Waals surface area contributed by atoms with Gasteiger partial charge in [-0.25, -0.2) is 0 Å². The van der Waals surface area contributed by atoms with Crippen LogP contribution in [0.1, 0.15) is 30.6 Å². The second-order valence-corrected chi connectivity index (χ2v) is 5.47. The van der Waals surface area contributed by atoms with E-state index >= 15 is 0 Å². The van der Waals surface area contributed by atoms with Crippen LogP contribution in [0, 0.1) is 0 Å². The van der Waals surface area contributed by atoms with Gasteiger partial charge in [-0.3, -0.25) is 19.7 Å².